The van der Waals surface area contributed by atoms with Gasteiger partial charge in [0, 0.05) is 0 Å². The van der Waals surface area contributed by atoms with Gasteiger partial charge in [-0.1, -0.05) is 29.8 Å². The van der Waals surface area contributed by atoms with Crippen molar-refractivity contribution >= 4 is 11.9 Å². The maximum Gasteiger partial charge on any atom is 0.226 e. The van der Waals surface area contributed by atoms with Crippen LogP contribution in [0.15, 0.2) is 42.4 Å². The Bertz CT molecular complexity index is 658. The van der Waals surface area contributed by atoms with Crippen LogP contribution in [0.4, 0.5) is 5.95 Å². The average molecular weight is 255 g/mol. The van der Waals surface area contributed by atoms with Gasteiger partial charge in [-0.3, -0.25) is 0 Å². The molecule has 0 bridgehead atoms. The van der Waals surface area contributed by atoms with Crippen molar-refractivity contribution in [1.29, 1.82) is 0 Å². The fourth-order valence-corrected chi connectivity index (χ4v) is 2.05. The molecule has 0 spiro atoms. The van der Waals surface area contributed by atoms with E-state index < -0.39 is 5.97 Å². The summed E-state index contributed by atoms with van der Waals surface area (Å²) in [5.41, 5.74) is 2.09. The van der Waals surface area contributed by atoms with Crippen LogP contribution < -0.4 is 10.4 Å². The van der Waals surface area contributed by atoms with Crippen molar-refractivity contribution in [3.05, 3.63) is 53.5 Å². The molecule has 1 aliphatic rings. The van der Waals surface area contributed by atoms with E-state index in [1.807, 2.05) is 31.2 Å². The average Bonchev–Trinajstić information content (AvgIpc) is 2.86. The Labute approximate surface area is 109 Å². The first-order valence-electron chi connectivity index (χ1n) is 5.81. The van der Waals surface area contributed by atoms with Crippen LogP contribution in [0.2, 0.25) is 0 Å². The number of hydrogen-bond donors (Lipinski definition) is 1. The van der Waals surface area contributed by atoms with Crippen LogP contribution in [-0.4, -0.2) is 20.7 Å². The van der Waals surface area contributed by atoms with Gasteiger partial charge in [-0.25, -0.2) is 4.68 Å². The monoisotopic (exact) mass is 255 g/mol. The summed E-state index contributed by atoms with van der Waals surface area (Å²) in [5.74, 6) is -0.862. The number of carbonyl (C=O) groups excluding carboxylic acids is 1. The van der Waals surface area contributed by atoms with E-state index in [0.717, 1.165) is 11.1 Å². The van der Waals surface area contributed by atoms with Crippen LogP contribution in [0, 0.1) is 6.92 Å². The number of nitrogens with one attached hydrogen (secondary N) is 1. The number of hydrogen-bond acceptors (Lipinski definition) is 5. The summed E-state index contributed by atoms with van der Waals surface area (Å²) in [6, 6.07) is 7.54. The summed E-state index contributed by atoms with van der Waals surface area (Å²) >= 11 is 0. The zero-order valence-corrected chi connectivity index (χ0v) is 10.2. The Hall–Kier alpha value is -2.63. The second kappa shape index (κ2) is 4.24. The summed E-state index contributed by atoms with van der Waals surface area (Å²) < 4.78 is 1.64. The van der Waals surface area contributed by atoms with Gasteiger partial charge in [0.25, 0.3) is 0 Å². The van der Waals surface area contributed by atoms with Gasteiger partial charge in [0.1, 0.15) is 12.4 Å². The summed E-state index contributed by atoms with van der Waals surface area (Å²) in [6.07, 6.45) is 2.96. The number of aliphatic carboxylic acids is 1. The van der Waals surface area contributed by atoms with Gasteiger partial charge in [-0.05, 0) is 18.6 Å². The van der Waals surface area contributed by atoms with Crippen LogP contribution in [-0.2, 0) is 4.79 Å². The molecule has 6 nitrogen and oxygen atoms in total. The molecule has 1 N–H and O–H groups in total. The topological polar surface area (TPSA) is 82.9 Å². The van der Waals surface area contributed by atoms with Crippen LogP contribution in [0.3, 0.4) is 0 Å². The van der Waals surface area contributed by atoms with E-state index in [9.17, 15) is 9.90 Å². The molecule has 3 rings (SSSR count). The molecule has 1 aromatic carbocycles. The Balaban J connectivity index is 2.09. The number of aryl methyl sites for hydroxylation is 1. The molecule has 0 aliphatic carbocycles. The van der Waals surface area contributed by atoms with Crippen molar-refractivity contribution in [2.24, 2.45) is 0 Å². The zero-order valence-electron chi connectivity index (χ0n) is 10.2. The normalized spacial score (nSPS) is 17.3. The van der Waals surface area contributed by atoms with Crippen LogP contribution >= 0.6 is 0 Å². The Morgan fingerprint density at radius 1 is 1.37 bits per heavy atom. The molecular formula is C13H11N4O2-. The number of carbonyl (C=O) groups is 1. The Kier molecular flexibility index (Phi) is 2.56. The lowest BCUT2D eigenvalue weighted by Crippen LogP contribution is -2.32. The summed E-state index contributed by atoms with van der Waals surface area (Å²) in [7, 11) is 0. The first-order chi connectivity index (χ1) is 9.15. The number of carboxylic acid groups (broad SMARTS) is 1. The molecule has 0 saturated heterocycles. The van der Waals surface area contributed by atoms with E-state index in [2.05, 4.69) is 15.4 Å². The number of rotatable bonds is 2. The number of allylic oxidation sites excluding steroid dienone is 1. The Morgan fingerprint density at radius 3 is 2.79 bits per heavy atom. The van der Waals surface area contributed by atoms with E-state index in [-0.39, 0.29) is 11.7 Å². The highest BCUT2D eigenvalue weighted by Gasteiger charge is 2.22. The van der Waals surface area contributed by atoms with Gasteiger partial charge in [-0.2, -0.15) is 10.1 Å². The first-order valence-corrected chi connectivity index (χ1v) is 5.81. The smallest absolute Gasteiger partial charge is 0.226 e. The lowest BCUT2D eigenvalue weighted by Gasteiger charge is -2.24. The molecule has 19 heavy (non-hydrogen) atoms. The highest BCUT2D eigenvalue weighted by molar-refractivity contribution is 5.88. The zero-order chi connectivity index (χ0) is 13.4. The minimum Gasteiger partial charge on any atom is -0.543 e. The third kappa shape index (κ3) is 1.97. The van der Waals surface area contributed by atoms with Crippen molar-refractivity contribution in [3.63, 3.8) is 0 Å². The lowest BCUT2D eigenvalue weighted by atomic mass is 10.0. The largest absolute Gasteiger partial charge is 0.543 e. The molecule has 1 aromatic heterocycles. The number of benzene rings is 1. The molecule has 2 heterocycles. The molecule has 96 valence electrons. The van der Waals surface area contributed by atoms with Gasteiger partial charge < -0.3 is 15.2 Å². The van der Waals surface area contributed by atoms with Crippen molar-refractivity contribution in [3.8, 4) is 0 Å². The molecule has 0 amide bonds. The van der Waals surface area contributed by atoms with Crippen molar-refractivity contribution in [1.82, 2.24) is 14.8 Å². The molecule has 0 unspecified atom stereocenters. The first kappa shape index (κ1) is 11.5. The third-order valence-corrected chi connectivity index (χ3v) is 3.05. The van der Waals surface area contributed by atoms with E-state index in [1.54, 1.807) is 10.8 Å². The van der Waals surface area contributed by atoms with Crippen LogP contribution in [0.5, 0.6) is 0 Å². The summed E-state index contributed by atoms with van der Waals surface area (Å²) in [4.78, 5) is 15.0. The van der Waals surface area contributed by atoms with E-state index in [0.29, 0.717) is 5.95 Å². The number of fused-ring (bicyclic) bond motifs is 1. The van der Waals surface area contributed by atoms with Gasteiger partial charge in [-0.15, -0.1) is 0 Å². The summed E-state index contributed by atoms with van der Waals surface area (Å²) in [6.45, 7) is 2.00. The van der Waals surface area contributed by atoms with Crippen LogP contribution in [0.1, 0.15) is 17.2 Å². The number of nitrogens with zero attached hydrogens (tertiary/aromatic N) is 3. The maximum atomic E-state index is 11.0. The molecule has 0 fully saturated rings. The predicted octanol–water partition coefficient (Wildman–Crippen LogP) is 0.235. The number of aromatic nitrogens is 3. The molecule has 0 saturated carbocycles. The summed E-state index contributed by atoms with van der Waals surface area (Å²) in [5, 5.41) is 17.8. The van der Waals surface area contributed by atoms with E-state index >= 15 is 0 Å². The minimum absolute atomic E-state index is 0.00563. The molecular weight excluding hydrogens is 244 g/mol. The van der Waals surface area contributed by atoms with Crippen molar-refractivity contribution < 1.29 is 9.90 Å². The quantitative estimate of drug-likeness (QED) is 0.830. The third-order valence-electron chi connectivity index (χ3n) is 3.05. The highest BCUT2D eigenvalue weighted by Crippen LogP contribution is 2.27. The Morgan fingerprint density at radius 2 is 2.11 bits per heavy atom. The van der Waals surface area contributed by atoms with Gasteiger partial charge in [0.15, 0.2) is 0 Å². The lowest BCUT2D eigenvalue weighted by molar-refractivity contribution is -0.299. The fourth-order valence-electron chi connectivity index (χ4n) is 2.05. The number of carboxylic acids is 1. The SMILES string of the molecule is Cc1ccc([C@H]2C=C(C(=O)[O-])Nc3ncnn32)cc1. The fraction of sp³-hybridized carbons (Fsp3) is 0.154. The standard InChI is InChI=1S/C13H12N4O2/c1-8-2-4-9(5-3-8)11-6-10(12(18)19)16-13-14-7-15-17(11)13/h2-7,11H,1H3,(H,18,19)(H,14,15,16)/p-1/t11-/m1/s1. The highest BCUT2D eigenvalue weighted by atomic mass is 16.4. The molecule has 0 radical (unpaired) electrons. The maximum absolute atomic E-state index is 11.0. The molecule has 6 heteroatoms. The molecule has 1 aliphatic heterocycles. The van der Waals surface area contributed by atoms with Gasteiger partial charge in [0.2, 0.25) is 5.95 Å². The van der Waals surface area contributed by atoms with E-state index in [4.69, 9.17) is 0 Å². The van der Waals surface area contributed by atoms with Crippen molar-refractivity contribution in [2.45, 2.75) is 13.0 Å². The molecule has 2 aromatic rings. The second-order valence-electron chi connectivity index (χ2n) is 4.38. The van der Waals surface area contributed by atoms with Gasteiger partial charge >= 0.3 is 0 Å². The molecule has 1 atom stereocenters. The van der Waals surface area contributed by atoms with Crippen LogP contribution in [0.25, 0.3) is 0 Å². The number of anilines is 1. The second-order valence-corrected chi connectivity index (χ2v) is 4.38. The van der Waals surface area contributed by atoms with Crippen molar-refractivity contribution in [2.75, 3.05) is 5.32 Å². The van der Waals surface area contributed by atoms with Gasteiger partial charge in [0.05, 0.1) is 11.7 Å². The van der Waals surface area contributed by atoms with E-state index in [1.165, 1.54) is 6.33 Å². The predicted molar refractivity (Wildman–Crippen MR) is 66.1 cm³/mol. The minimum atomic E-state index is -1.26.